The molecule has 1 N–H and O–H groups in total. The summed E-state index contributed by atoms with van der Waals surface area (Å²) in [6, 6.07) is 2.48. The van der Waals surface area contributed by atoms with E-state index in [0.717, 1.165) is 31.8 Å². The van der Waals surface area contributed by atoms with Crippen LogP contribution >= 0.6 is 0 Å². The van der Waals surface area contributed by atoms with Gasteiger partial charge in [-0.05, 0) is 24.6 Å². The molecule has 0 bridgehead atoms. The summed E-state index contributed by atoms with van der Waals surface area (Å²) < 4.78 is 38.8. The smallest absolute Gasteiger partial charge is 0.194 e. The number of rotatable bonds is 2. The highest BCUT2D eigenvalue weighted by Gasteiger charge is 2.17. The van der Waals surface area contributed by atoms with Gasteiger partial charge in [0.2, 0.25) is 0 Å². The van der Waals surface area contributed by atoms with Crippen LogP contribution < -0.4 is 5.32 Å². The first-order chi connectivity index (χ1) is 8.06. The highest BCUT2D eigenvalue weighted by Crippen LogP contribution is 2.15. The molecular weight excluding hydrogens is 229 g/mol. The fourth-order valence-corrected chi connectivity index (χ4v) is 2.11. The monoisotopic (exact) mass is 244 g/mol. The third kappa shape index (κ3) is 2.98. The summed E-state index contributed by atoms with van der Waals surface area (Å²) in [6.45, 7) is 5.00. The number of hydrogen-bond acceptors (Lipinski definition) is 2. The maximum Gasteiger partial charge on any atom is 0.194 e. The van der Waals surface area contributed by atoms with Gasteiger partial charge >= 0.3 is 0 Å². The molecule has 0 aliphatic carbocycles. The summed E-state index contributed by atoms with van der Waals surface area (Å²) in [5.41, 5.74) is 0.468. The molecule has 0 aromatic heterocycles. The average Bonchev–Trinajstić information content (AvgIpc) is 2.26. The Kier molecular flexibility index (Phi) is 3.69. The number of hydrogen-bond donors (Lipinski definition) is 1. The summed E-state index contributed by atoms with van der Waals surface area (Å²) >= 11 is 0. The fraction of sp³-hybridized carbons (Fsp3) is 0.500. The molecule has 1 fully saturated rings. The van der Waals surface area contributed by atoms with Crippen LogP contribution in [0.5, 0.6) is 0 Å². The molecule has 5 heteroatoms. The third-order valence-corrected chi connectivity index (χ3v) is 2.90. The molecule has 1 aromatic rings. The first kappa shape index (κ1) is 12.4. The van der Waals surface area contributed by atoms with Crippen LogP contribution in [0.1, 0.15) is 12.5 Å². The minimum atomic E-state index is -1.40. The van der Waals surface area contributed by atoms with Crippen LogP contribution in [0.3, 0.4) is 0 Å². The molecule has 94 valence electrons. The molecular formula is C12H15F3N2. The lowest BCUT2D eigenvalue weighted by Crippen LogP contribution is -2.48. The van der Waals surface area contributed by atoms with Gasteiger partial charge in [0.15, 0.2) is 17.5 Å². The molecule has 17 heavy (non-hydrogen) atoms. The zero-order chi connectivity index (χ0) is 12.4. The number of nitrogens with one attached hydrogen (secondary N) is 1. The Morgan fingerprint density at radius 3 is 2.53 bits per heavy atom. The molecule has 1 aliphatic rings. The summed E-state index contributed by atoms with van der Waals surface area (Å²) in [5, 5.41) is 3.28. The van der Waals surface area contributed by atoms with E-state index < -0.39 is 17.5 Å². The van der Waals surface area contributed by atoms with Crippen molar-refractivity contribution in [3.05, 3.63) is 35.1 Å². The molecule has 1 saturated heterocycles. The van der Waals surface area contributed by atoms with Crippen LogP contribution in [0.4, 0.5) is 13.2 Å². The third-order valence-electron chi connectivity index (χ3n) is 2.90. The summed E-state index contributed by atoms with van der Waals surface area (Å²) in [4.78, 5) is 2.09. The van der Waals surface area contributed by atoms with Gasteiger partial charge in [0.25, 0.3) is 0 Å². The van der Waals surface area contributed by atoms with Crippen LogP contribution in [-0.2, 0) is 6.54 Å². The van der Waals surface area contributed by atoms with E-state index in [2.05, 4.69) is 17.1 Å². The van der Waals surface area contributed by atoms with Crippen LogP contribution in [0.2, 0.25) is 0 Å². The molecule has 1 atom stereocenters. The molecule has 1 unspecified atom stereocenters. The van der Waals surface area contributed by atoms with Crippen molar-refractivity contribution < 1.29 is 13.2 Å². The quantitative estimate of drug-likeness (QED) is 0.799. The van der Waals surface area contributed by atoms with Crippen molar-refractivity contribution in [3.8, 4) is 0 Å². The summed E-state index contributed by atoms with van der Waals surface area (Å²) in [5.74, 6) is -3.64. The number of benzene rings is 1. The molecule has 0 saturated carbocycles. The van der Waals surface area contributed by atoms with Gasteiger partial charge in [-0.3, -0.25) is 4.90 Å². The van der Waals surface area contributed by atoms with Gasteiger partial charge in [0.1, 0.15) is 0 Å². The Morgan fingerprint density at radius 2 is 1.94 bits per heavy atom. The van der Waals surface area contributed by atoms with E-state index in [0.29, 0.717) is 18.2 Å². The molecule has 0 spiro atoms. The Bertz CT molecular complexity index is 386. The molecule has 0 radical (unpaired) electrons. The zero-order valence-electron chi connectivity index (χ0n) is 9.64. The van der Waals surface area contributed by atoms with E-state index in [1.807, 2.05) is 0 Å². The van der Waals surface area contributed by atoms with Crippen molar-refractivity contribution in [1.29, 1.82) is 0 Å². The lowest BCUT2D eigenvalue weighted by Gasteiger charge is -2.31. The van der Waals surface area contributed by atoms with E-state index in [1.54, 1.807) is 0 Å². The van der Waals surface area contributed by atoms with Crippen molar-refractivity contribution >= 4 is 0 Å². The number of halogens is 3. The highest BCUT2D eigenvalue weighted by atomic mass is 19.2. The van der Waals surface area contributed by atoms with Gasteiger partial charge in [-0.1, -0.05) is 0 Å². The van der Waals surface area contributed by atoms with Gasteiger partial charge in [0.05, 0.1) is 0 Å². The summed E-state index contributed by atoms with van der Waals surface area (Å²) in [6.07, 6.45) is 0. The Hall–Kier alpha value is -1.07. The van der Waals surface area contributed by atoms with Gasteiger partial charge in [-0.2, -0.15) is 0 Å². The Labute approximate surface area is 98.4 Å². The predicted molar refractivity (Wildman–Crippen MR) is 59.1 cm³/mol. The average molecular weight is 244 g/mol. The normalized spacial score (nSPS) is 21.8. The van der Waals surface area contributed by atoms with Crippen molar-refractivity contribution in [2.45, 2.75) is 19.5 Å². The topological polar surface area (TPSA) is 15.3 Å². The van der Waals surface area contributed by atoms with E-state index in [9.17, 15) is 13.2 Å². The highest BCUT2D eigenvalue weighted by molar-refractivity contribution is 5.19. The standard InChI is InChI=1S/C12H15F3N2/c1-8-6-17(3-2-16-8)7-9-4-10(13)12(15)11(14)5-9/h4-5,8,16H,2-3,6-7H2,1H3. The van der Waals surface area contributed by atoms with Gasteiger partial charge < -0.3 is 5.32 Å². The van der Waals surface area contributed by atoms with Crippen LogP contribution in [-0.4, -0.2) is 30.6 Å². The van der Waals surface area contributed by atoms with Crippen LogP contribution in [0, 0.1) is 17.5 Å². The minimum Gasteiger partial charge on any atom is -0.312 e. The van der Waals surface area contributed by atoms with E-state index in [4.69, 9.17) is 0 Å². The summed E-state index contributed by atoms with van der Waals surface area (Å²) in [7, 11) is 0. The van der Waals surface area contributed by atoms with Crippen LogP contribution in [0.25, 0.3) is 0 Å². The molecule has 2 nitrogen and oxygen atoms in total. The van der Waals surface area contributed by atoms with Crippen molar-refractivity contribution in [2.24, 2.45) is 0 Å². The second-order valence-corrected chi connectivity index (χ2v) is 4.46. The van der Waals surface area contributed by atoms with Gasteiger partial charge in [0, 0.05) is 32.2 Å². The molecule has 2 rings (SSSR count). The van der Waals surface area contributed by atoms with Gasteiger partial charge in [-0.25, -0.2) is 13.2 Å². The maximum absolute atomic E-state index is 13.0. The van der Waals surface area contributed by atoms with Crippen molar-refractivity contribution in [2.75, 3.05) is 19.6 Å². The fourth-order valence-electron chi connectivity index (χ4n) is 2.11. The largest absolute Gasteiger partial charge is 0.312 e. The lowest BCUT2D eigenvalue weighted by atomic mass is 10.1. The van der Waals surface area contributed by atoms with Crippen LogP contribution in [0.15, 0.2) is 12.1 Å². The minimum absolute atomic E-state index is 0.360. The first-order valence-electron chi connectivity index (χ1n) is 5.65. The molecule has 1 heterocycles. The zero-order valence-corrected chi connectivity index (χ0v) is 9.64. The number of nitrogens with zero attached hydrogens (tertiary/aromatic N) is 1. The number of piperazine rings is 1. The predicted octanol–water partition coefficient (Wildman–Crippen LogP) is 1.90. The second-order valence-electron chi connectivity index (χ2n) is 4.46. The lowest BCUT2D eigenvalue weighted by molar-refractivity contribution is 0.199. The Morgan fingerprint density at radius 1 is 1.29 bits per heavy atom. The van der Waals surface area contributed by atoms with Crippen molar-refractivity contribution in [3.63, 3.8) is 0 Å². The molecule has 1 aromatic carbocycles. The van der Waals surface area contributed by atoms with E-state index in [-0.39, 0.29) is 0 Å². The molecule has 0 amide bonds. The first-order valence-corrected chi connectivity index (χ1v) is 5.65. The van der Waals surface area contributed by atoms with E-state index in [1.165, 1.54) is 0 Å². The molecule has 1 aliphatic heterocycles. The second kappa shape index (κ2) is 5.06. The van der Waals surface area contributed by atoms with Crippen molar-refractivity contribution in [1.82, 2.24) is 10.2 Å². The SMILES string of the molecule is CC1CN(Cc2cc(F)c(F)c(F)c2)CCN1. The van der Waals surface area contributed by atoms with Gasteiger partial charge in [-0.15, -0.1) is 0 Å². The maximum atomic E-state index is 13.0. The van der Waals surface area contributed by atoms with E-state index >= 15 is 0 Å². The Balaban J connectivity index is 2.08.